The lowest BCUT2D eigenvalue weighted by molar-refractivity contribution is -0.125. The SMILES string of the molecule is CC(C)NC(=O)c1ccc(NC(=O)CNC(=O)[C@@H](N)C(C)C)cc1.Cl. The van der Waals surface area contributed by atoms with Gasteiger partial charge >= 0.3 is 0 Å². The molecule has 0 fully saturated rings. The van der Waals surface area contributed by atoms with E-state index in [0.717, 1.165) is 0 Å². The first-order chi connectivity index (χ1) is 11.2. The van der Waals surface area contributed by atoms with Crippen LogP contribution in [-0.2, 0) is 9.59 Å². The van der Waals surface area contributed by atoms with E-state index in [1.807, 2.05) is 27.7 Å². The molecule has 25 heavy (non-hydrogen) atoms. The van der Waals surface area contributed by atoms with Crippen LogP contribution in [0.1, 0.15) is 38.1 Å². The number of hydrogen-bond acceptors (Lipinski definition) is 4. The van der Waals surface area contributed by atoms with Crippen LogP contribution in [0.2, 0.25) is 0 Å². The molecule has 0 radical (unpaired) electrons. The second-order valence-electron chi connectivity index (χ2n) is 6.24. The van der Waals surface area contributed by atoms with Gasteiger partial charge in [0.05, 0.1) is 12.6 Å². The maximum Gasteiger partial charge on any atom is 0.251 e. The molecule has 0 saturated heterocycles. The second-order valence-corrected chi connectivity index (χ2v) is 6.24. The fourth-order valence-electron chi connectivity index (χ4n) is 1.84. The molecule has 3 amide bonds. The van der Waals surface area contributed by atoms with Gasteiger partial charge in [0.15, 0.2) is 0 Å². The Kier molecular flexibility index (Phi) is 9.78. The normalized spacial score (nSPS) is 11.5. The van der Waals surface area contributed by atoms with Crippen molar-refractivity contribution in [2.45, 2.75) is 39.8 Å². The summed E-state index contributed by atoms with van der Waals surface area (Å²) in [6.07, 6.45) is 0. The number of nitrogens with one attached hydrogen (secondary N) is 3. The van der Waals surface area contributed by atoms with Gasteiger partial charge < -0.3 is 21.7 Å². The molecule has 0 bridgehead atoms. The number of anilines is 1. The quantitative estimate of drug-likeness (QED) is 0.579. The summed E-state index contributed by atoms with van der Waals surface area (Å²) in [4.78, 5) is 35.3. The molecule has 1 aromatic carbocycles. The minimum atomic E-state index is -0.642. The van der Waals surface area contributed by atoms with Gasteiger partial charge in [-0.2, -0.15) is 0 Å². The van der Waals surface area contributed by atoms with Crippen LogP contribution in [0, 0.1) is 5.92 Å². The predicted molar refractivity (Wildman–Crippen MR) is 101 cm³/mol. The van der Waals surface area contributed by atoms with E-state index < -0.39 is 6.04 Å². The van der Waals surface area contributed by atoms with Gasteiger partial charge in [0, 0.05) is 17.3 Å². The molecule has 0 aliphatic rings. The van der Waals surface area contributed by atoms with Crippen molar-refractivity contribution >= 4 is 35.8 Å². The molecule has 0 aromatic heterocycles. The third-order valence-electron chi connectivity index (χ3n) is 3.29. The molecular weight excluding hydrogens is 344 g/mol. The van der Waals surface area contributed by atoms with Gasteiger partial charge in [0.25, 0.3) is 5.91 Å². The van der Waals surface area contributed by atoms with Gasteiger partial charge in [-0.25, -0.2) is 0 Å². The Hall–Kier alpha value is -2.12. The molecule has 5 N–H and O–H groups in total. The minimum absolute atomic E-state index is 0. The smallest absolute Gasteiger partial charge is 0.251 e. The molecule has 0 saturated carbocycles. The summed E-state index contributed by atoms with van der Waals surface area (Å²) < 4.78 is 0. The highest BCUT2D eigenvalue weighted by atomic mass is 35.5. The van der Waals surface area contributed by atoms with Crippen molar-refractivity contribution in [1.29, 1.82) is 0 Å². The molecule has 0 aliphatic heterocycles. The van der Waals surface area contributed by atoms with Crippen molar-refractivity contribution < 1.29 is 14.4 Å². The predicted octanol–water partition coefficient (Wildman–Crippen LogP) is 1.28. The van der Waals surface area contributed by atoms with Crippen molar-refractivity contribution in [1.82, 2.24) is 10.6 Å². The highest BCUT2D eigenvalue weighted by Gasteiger charge is 2.17. The zero-order chi connectivity index (χ0) is 18.3. The van der Waals surface area contributed by atoms with E-state index in [9.17, 15) is 14.4 Å². The van der Waals surface area contributed by atoms with Gasteiger partial charge in [0.1, 0.15) is 0 Å². The number of nitrogens with two attached hydrogens (primary N) is 1. The Balaban J connectivity index is 0.00000576. The molecule has 1 rings (SSSR count). The largest absolute Gasteiger partial charge is 0.350 e. The van der Waals surface area contributed by atoms with Crippen LogP contribution < -0.4 is 21.7 Å². The number of benzene rings is 1. The molecular formula is C17H27ClN4O3. The van der Waals surface area contributed by atoms with E-state index in [-0.39, 0.29) is 48.6 Å². The van der Waals surface area contributed by atoms with Crippen LogP contribution in [0.25, 0.3) is 0 Å². The van der Waals surface area contributed by atoms with Crippen LogP contribution in [-0.4, -0.2) is 36.3 Å². The highest BCUT2D eigenvalue weighted by Crippen LogP contribution is 2.09. The van der Waals surface area contributed by atoms with E-state index in [0.29, 0.717) is 11.3 Å². The van der Waals surface area contributed by atoms with E-state index >= 15 is 0 Å². The second kappa shape index (κ2) is 10.7. The van der Waals surface area contributed by atoms with Gasteiger partial charge in [-0.05, 0) is 44.0 Å². The Labute approximate surface area is 154 Å². The Morgan fingerprint density at radius 1 is 1.04 bits per heavy atom. The summed E-state index contributed by atoms with van der Waals surface area (Å²) in [5.74, 6) is -0.894. The number of carbonyl (C=O) groups excluding carboxylic acids is 3. The lowest BCUT2D eigenvalue weighted by atomic mass is 10.1. The minimum Gasteiger partial charge on any atom is -0.350 e. The molecule has 7 nitrogen and oxygen atoms in total. The third kappa shape index (κ3) is 8.00. The Morgan fingerprint density at radius 3 is 2.08 bits per heavy atom. The fourth-order valence-corrected chi connectivity index (χ4v) is 1.84. The summed E-state index contributed by atoms with van der Waals surface area (Å²) in [7, 11) is 0. The third-order valence-corrected chi connectivity index (χ3v) is 3.29. The van der Waals surface area contributed by atoms with Crippen LogP contribution in [0.4, 0.5) is 5.69 Å². The van der Waals surface area contributed by atoms with E-state index in [1.54, 1.807) is 24.3 Å². The van der Waals surface area contributed by atoms with Gasteiger partial charge in [-0.1, -0.05) is 13.8 Å². The summed E-state index contributed by atoms with van der Waals surface area (Å²) in [5.41, 5.74) is 6.75. The first kappa shape index (κ1) is 22.9. The van der Waals surface area contributed by atoms with Crippen molar-refractivity contribution in [3.63, 3.8) is 0 Å². The van der Waals surface area contributed by atoms with Crippen LogP contribution in [0.15, 0.2) is 24.3 Å². The first-order valence-corrected chi connectivity index (χ1v) is 7.94. The lowest BCUT2D eigenvalue weighted by Gasteiger charge is -2.15. The molecule has 0 aliphatic carbocycles. The molecule has 0 unspecified atom stereocenters. The topological polar surface area (TPSA) is 113 Å². The van der Waals surface area contributed by atoms with Crippen LogP contribution in [0.3, 0.4) is 0 Å². The monoisotopic (exact) mass is 370 g/mol. The number of hydrogen-bond donors (Lipinski definition) is 4. The number of halogens is 1. The number of rotatable bonds is 7. The van der Waals surface area contributed by atoms with Gasteiger partial charge in [0.2, 0.25) is 11.8 Å². The van der Waals surface area contributed by atoms with Crippen molar-refractivity contribution in [3.05, 3.63) is 29.8 Å². The molecule has 8 heteroatoms. The maximum absolute atomic E-state index is 11.8. The van der Waals surface area contributed by atoms with Crippen LogP contribution >= 0.6 is 12.4 Å². The van der Waals surface area contributed by atoms with E-state index in [1.165, 1.54) is 0 Å². The lowest BCUT2D eigenvalue weighted by Crippen LogP contribution is -2.46. The summed E-state index contributed by atoms with van der Waals surface area (Å²) >= 11 is 0. The summed E-state index contributed by atoms with van der Waals surface area (Å²) in [6.45, 7) is 7.27. The average Bonchev–Trinajstić information content (AvgIpc) is 2.51. The number of carbonyl (C=O) groups is 3. The van der Waals surface area contributed by atoms with Crippen molar-refractivity contribution in [2.24, 2.45) is 11.7 Å². The van der Waals surface area contributed by atoms with Crippen molar-refractivity contribution in [2.75, 3.05) is 11.9 Å². The Bertz CT molecular complexity index is 588. The van der Waals surface area contributed by atoms with Crippen molar-refractivity contribution in [3.8, 4) is 0 Å². The van der Waals surface area contributed by atoms with E-state index in [2.05, 4.69) is 16.0 Å². The zero-order valence-corrected chi connectivity index (χ0v) is 15.8. The molecule has 1 atom stereocenters. The van der Waals surface area contributed by atoms with E-state index in [4.69, 9.17) is 5.73 Å². The summed E-state index contributed by atoms with van der Waals surface area (Å²) in [6, 6.07) is 5.93. The van der Waals surface area contributed by atoms with Gasteiger partial charge in [-0.3, -0.25) is 14.4 Å². The van der Waals surface area contributed by atoms with Crippen LogP contribution in [0.5, 0.6) is 0 Å². The van der Waals surface area contributed by atoms with Gasteiger partial charge in [-0.15, -0.1) is 12.4 Å². The maximum atomic E-state index is 11.8. The number of amides is 3. The standard InChI is InChI=1S/C17H26N4O3.ClH/c1-10(2)15(18)17(24)19-9-14(22)21-13-7-5-12(6-8-13)16(23)20-11(3)4;/h5-8,10-11,15H,9,18H2,1-4H3,(H,19,24)(H,20,23)(H,21,22);1H/t15-;/m0./s1. The average molecular weight is 371 g/mol. The Morgan fingerprint density at radius 2 is 1.60 bits per heavy atom. The first-order valence-electron chi connectivity index (χ1n) is 7.94. The molecule has 0 heterocycles. The highest BCUT2D eigenvalue weighted by molar-refractivity contribution is 5.97. The molecule has 1 aromatic rings. The zero-order valence-electron chi connectivity index (χ0n) is 15.0. The molecule has 0 spiro atoms. The summed E-state index contributed by atoms with van der Waals surface area (Å²) in [5, 5.41) is 7.93. The fraction of sp³-hybridized carbons (Fsp3) is 0.471. The molecule has 140 valence electrons.